The van der Waals surface area contributed by atoms with Gasteiger partial charge in [-0.15, -0.1) is 0 Å². The topological polar surface area (TPSA) is 92.8 Å². The van der Waals surface area contributed by atoms with Crippen molar-refractivity contribution in [3.8, 4) is 0 Å². The Balaban J connectivity index is 1.72. The molecule has 7 nitrogen and oxygen atoms in total. The van der Waals surface area contributed by atoms with E-state index in [4.69, 9.17) is 4.74 Å². The number of hydrogen-bond donors (Lipinski definition) is 1. The van der Waals surface area contributed by atoms with Crippen LogP contribution in [0.25, 0.3) is 0 Å². The SMILES string of the molecule is COC(=O)c1ccccc1NC(=O)C1Cc2ccccc2CN1S(=O)(=O)c1ccc(C)cc1. The fourth-order valence-electron chi connectivity index (χ4n) is 3.92. The van der Waals surface area contributed by atoms with E-state index in [0.717, 1.165) is 16.7 Å². The number of aryl methyl sites for hydroxylation is 1. The first-order valence-corrected chi connectivity index (χ1v) is 11.9. The molecule has 170 valence electrons. The molecule has 1 heterocycles. The van der Waals surface area contributed by atoms with E-state index >= 15 is 0 Å². The lowest BCUT2D eigenvalue weighted by atomic mass is 9.95. The molecule has 33 heavy (non-hydrogen) atoms. The zero-order chi connectivity index (χ0) is 23.6. The van der Waals surface area contributed by atoms with Crippen LogP contribution in [-0.4, -0.2) is 37.8 Å². The minimum Gasteiger partial charge on any atom is -0.465 e. The monoisotopic (exact) mass is 464 g/mol. The van der Waals surface area contributed by atoms with Crippen LogP contribution in [0.15, 0.2) is 77.7 Å². The van der Waals surface area contributed by atoms with E-state index in [1.165, 1.54) is 11.4 Å². The Morgan fingerprint density at radius 2 is 1.58 bits per heavy atom. The minimum absolute atomic E-state index is 0.0725. The van der Waals surface area contributed by atoms with Crippen molar-refractivity contribution in [2.75, 3.05) is 12.4 Å². The van der Waals surface area contributed by atoms with Crippen molar-refractivity contribution in [1.82, 2.24) is 4.31 Å². The zero-order valence-corrected chi connectivity index (χ0v) is 19.1. The van der Waals surface area contributed by atoms with Crippen molar-refractivity contribution in [1.29, 1.82) is 0 Å². The molecule has 0 saturated heterocycles. The van der Waals surface area contributed by atoms with Gasteiger partial charge in [-0.25, -0.2) is 13.2 Å². The number of para-hydroxylation sites is 1. The first kappa shape index (κ1) is 22.7. The number of fused-ring (bicyclic) bond motifs is 1. The van der Waals surface area contributed by atoms with Gasteiger partial charge in [0.1, 0.15) is 6.04 Å². The molecule has 1 unspecified atom stereocenters. The molecule has 3 aromatic carbocycles. The number of carbonyl (C=O) groups excluding carboxylic acids is 2. The first-order chi connectivity index (χ1) is 15.8. The summed E-state index contributed by atoms with van der Waals surface area (Å²) in [6.07, 6.45) is 0.216. The number of amides is 1. The van der Waals surface area contributed by atoms with Crippen LogP contribution in [0.5, 0.6) is 0 Å². The molecule has 0 spiro atoms. The lowest BCUT2D eigenvalue weighted by Crippen LogP contribution is -2.50. The molecule has 1 amide bonds. The molecule has 4 rings (SSSR count). The fraction of sp³-hybridized carbons (Fsp3) is 0.200. The van der Waals surface area contributed by atoms with Gasteiger partial charge in [-0.1, -0.05) is 54.1 Å². The van der Waals surface area contributed by atoms with E-state index in [-0.39, 0.29) is 29.1 Å². The van der Waals surface area contributed by atoms with Crippen LogP contribution in [-0.2, 0) is 32.5 Å². The Morgan fingerprint density at radius 3 is 2.27 bits per heavy atom. The molecule has 0 radical (unpaired) electrons. The van der Waals surface area contributed by atoms with Gasteiger partial charge in [-0.2, -0.15) is 4.31 Å². The summed E-state index contributed by atoms with van der Waals surface area (Å²) in [7, 11) is -2.70. The fourth-order valence-corrected chi connectivity index (χ4v) is 5.48. The number of carbonyl (C=O) groups is 2. The van der Waals surface area contributed by atoms with Crippen molar-refractivity contribution in [3.63, 3.8) is 0 Å². The maximum Gasteiger partial charge on any atom is 0.339 e. The van der Waals surface area contributed by atoms with Crippen molar-refractivity contribution < 1.29 is 22.7 Å². The van der Waals surface area contributed by atoms with E-state index in [0.29, 0.717) is 0 Å². The van der Waals surface area contributed by atoms with E-state index in [1.807, 2.05) is 31.2 Å². The minimum atomic E-state index is -3.96. The second kappa shape index (κ2) is 9.17. The number of anilines is 1. The van der Waals surface area contributed by atoms with Crippen LogP contribution >= 0.6 is 0 Å². The molecule has 1 atom stereocenters. The third-order valence-electron chi connectivity index (χ3n) is 5.73. The quantitative estimate of drug-likeness (QED) is 0.583. The second-order valence-electron chi connectivity index (χ2n) is 7.88. The molecule has 0 aromatic heterocycles. The Hall–Kier alpha value is -3.49. The third-order valence-corrected chi connectivity index (χ3v) is 7.59. The molecular weight excluding hydrogens is 440 g/mol. The summed E-state index contributed by atoms with van der Waals surface area (Å²) in [6.45, 7) is 1.95. The molecular formula is C25H24N2O5S. The van der Waals surface area contributed by atoms with Crippen LogP contribution in [0.3, 0.4) is 0 Å². The molecule has 1 aliphatic heterocycles. The van der Waals surface area contributed by atoms with Gasteiger partial charge < -0.3 is 10.1 Å². The predicted octanol–water partition coefficient (Wildman–Crippen LogP) is 3.54. The van der Waals surface area contributed by atoms with Crippen LogP contribution in [0.4, 0.5) is 5.69 Å². The van der Waals surface area contributed by atoms with Gasteiger partial charge in [0.05, 0.1) is 23.3 Å². The Morgan fingerprint density at radius 1 is 0.939 bits per heavy atom. The summed E-state index contributed by atoms with van der Waals surface area (Å²) < 4.78 is 33.2. The van der Waals surface area contributed by atoms with Crippen LogP contribution in [0, 0.1) is 6.92 Å². The molecule has 0 aliphatic carbocycles. The number of esters is 1. The summed E-state index contributed by atoms with van der Waals surface area (Å²) in [5, 5.41) is 2.74. The van der Waals surface area contributed by atoms with Crippen LogP contribution < -0.4 is 5.32 Å². The van der Waals surface area contributed by atoms with Crippen molar-refractivity contribution in [2.24, 2.45) is 0 Å². The molecule has 8 heteroatoms. The molecule has 0 bridgehead atoms. The molecule has 1 aliphatic rings. The summed E-state index contributed by atoms with van der Waals surface area (Å²) in [4.78, 5) is 25.7. The van der Waals surface area contributed by atoms with Crippen LogP contribution in [0.2, 0.25) is 0 Å². The lowest BCUT2D eigenvalue weighted by molar-refractivity contribution is -0.120. The Labute approximate surface area is 193 Å². The zero-order valence-electron chi connectivity index (χ0n) is 18.3. The number of sulfonamides is 1. The maximum atomic E-state index is 13.6. The third kappa shape index (κ3) is 4.53. The number of nitrogens with one attached hydrogen (secondary N) is 1. The van der Waals surface area contributed by atoms with Gasteiger partial charge in [0, 0.05) is 6.54 Å². The van der Waals surface area contributed by atoms with Gasteiger partial charge in [0.2, 0.25) is 15.9 Å². The Bertz CT molecular complexity index is 1300. The summed E-state index contributed by atoms with van der Waals surface area (Å²) in [5.74, 6) is -1.11. The number of ether oxygens (including phenoxy) is 1. The van der Waals surface area contributed by atoms with Gasteiger partial charge in [-0.05, 0) is 48.7 Å². The molecule has 0 fully saturated rings. The van der Waals surface area contributed by atoms with Gasteiger partial charge in [-0.3, -0.25) is 4.79 Å². The largest absolute Gasteiger partial charge is 0.465 e. The van der Waals surface area contributed by atoms with Crippen molar-refractivity contribution >= 4 is 27.6 Å². The maximum absolute atomic E-state index is 13.6. The number of hydrogen-bond acceptors (Lipinski definition) is 5. The summed E-state index contributed by atoms with van der Waals surface area (Å²) in [5.41, 5.74) is 3.16. The number of methoxy groups -OCH3 is 1. The number of benzene rings is 3. The van der Waals surface area contributed by atoms with E-state index < -0.39 is 27.9 Å². The van der Waals surface area contributed by atoms with E-state index in [1.54, 1.807) is 48.5 Å². The van der Waals surface area contributed by atoms with E-state index in [2.05, 4.69) is 5.32 Å². The summed E-state index contributed by atoms with van der Waals surface area (Å²) in [6, 6.07) is 19.5. The average molecular weight is 465 g/mol. The van der Waals surface area contributed by atoms with Crippen molar-refractivity contribution in [3.05, 3.63) is 95.1 Å². The highest BCUT2D eigenvalue weighted by Gasteiger charge is 2.39. The molecule has 3 aromatic rings. The average Bonchev–Trinajstić information content (AvgIpc) is 2.83. The Kier molecular flexibility index (Phi) is 6.31. The summed E-state index contributed by atoms with van der Waals surface area (Å²) >= 11 is 0. The van der Waals surface area contributed by atoms with Gasteiger partial charge in [0.25, 0.3) is 0 Å². The first-order valence-electron chi connectivity index (χ1n) is 10.4. The molecule has 1 N–H and O–H groups in total. The predicted molar refractivity (Wildman–Crippen MR) is 124 cm³/mol. The second-order valence-corrected chi connectivity index (χ2v) is 9.77. The normalized spacial score (nSPS) is 16.0. The highest BCUT2D eigenvalue weighted by molar-refractivity contribution is 7.89. The number of rotatable bonds is 5. The van der Waals surface area contributed by atoms with Crippen molar-refractivity contribution in [2.45, 2.75) is 30.8 Å². The molecule has 0 saturated carbocycles. The highest BCUT2D eigenvalue weighted by Crippen LogP contribution is 2.30. The van der Waals surface area contributed by atoms with Gasteiger partial charge >= 0.3 is 5.97 Å². The van der Waals surface area contributed by atoms with Gasteiger partial charge in [0.15, 0.2) is 0 Å². The standard InChI is InChI=1S/C25H24N2O5S/c1-17-11-13-20(14-12-17)33(30,31)27-16-19-8-4-3-7-18(19)15-23(27)24(28)26-22-10-6-5-9-21(22)25(29)32-2/h3-14,23H,15-16H2,1-2H3,(H,26,28). The number of nitrogens with zero attached hydrogens (tertiary/aromatic N) is 1. The highest BCUT2D eigenvalue weighted by atomic mass is 32.2. The smallest absolute Gasteiger partial charge is 0.339 e. The van der Waals surface area contributed by atoms with E-state index in [9.17, 15) is 18.0 Å². The van der Waals surface area contributed by atoms with Crippen LogP contribution in [0.1, 0.15) is 27.0 Å². The lowest BCUT2D eigenvalue weighted by Gasteiger charge is -2.35.